The van der Waals surface area contributed by atoms with Crippen LogP contribution in [0.25, 0.3) is 16.3 Å². The maximum atomic E-state index is 11.1. The van der Waals surface area contributed by atoms with E-state index in [0.717, 1.165) is 20.6 Å². The summed E-state index contributed by atoms with van der Waals surface area (Å²) in [4.78, 5) is 3.29. The smallest absolute Gasteiger partial charge is 0.265 e. The van der Waals surface area contributed by atoms with E-state index in [0.29, 0.717) is 13.0 Å². The Bertz CT molecular complexity index is 1180. The maximum Gasteiger partial charge on any atom is 0.265 e. The molecule has 1 aromatic heterocycles. The third-order valence-corrected chi connectivity index (χ3v) is 7.75. The maximum absolute atomic E-state index is 11.1. The molecule has 2 heterocycles. The average Bonchev–Trinajstić information content (AvgIpc) is 3.12. The number of aromatic nitrogens is 1. The molecule has 1 N–H and O–H groups in total. The van der Waals surface area contributed by atoms with Gasteiger partial charge in [0.15, 0.2) is 0 Å². The first-order valence-electron chi connectivity index (χ1n) is 8.92. The Balaban J connectivity index is 1.70. The zero-order valence-corrected chi connectivity index (χ0v) is 18.1. The lowest BCUT2D eigenvalue weighted by Gasteiger charge is -2.19. The van der Waals surface area contributed by atoms with Crippen molar-refractivity contribution >= 4 is 55.2 Å². The van der Waals surface area contributed by atoms with Gasteiger partial charge in [-0.1, -0.05) is 41.3 Å². The molecule has 0 unspecified atom stereocenters. The summed E-state index contributed by atoms with van der Waals surface area (Å²) in [5.41, 5.74) is 3.51. The minimum absolute atomic E-state index is 0.237. The monoisotopic (exact) mass is 433 g/mol. The molecule has 0 saturated carbocycles. The fourth-order valence-electron chi connectivity index (χ4n) is 3.31. The van der Waals surface area contributed by atoms with Gasteiger partial charge in [-0.2, -0.15) is 13.0 Å². The predicted molar refractivity (Wildman–Crippen MR) is 116 cm³/mol. The van der Waals surface area contributed by atoms with E-state index < -0.39 is 10.1 Å². The fourth-order valence-corrected chi connectivity index (χ4v) is 6.19. The Labute approximate surface area is 173 Å². The van der Waals surface area contributed by atoms with Crippen molar-refractivity contribution in [2.75, 3.05) is 17.2 Å². The van der Waals surface area contributed by atoms with Gasteiger partial charge in [-0.05, 0) is 37.1 Å². The number of fused-ring (bicyclic) bond motifs is 2. The molecule has 0 aliphatic carbocycles. The first-order valence-corrected chi connectivity index (χ1v) is 12.2. The SMILES string of the molecule is Cc1ccc2c(c1)sc(/C=C1/Sc3ccccc3N1CCCS(=O)(=O)O)[n+]2C. The summed E-state index contributed by atoms with van der Waals surface area (Å²) in [6, 6.07) is 14.6. The largest absolute Gasteiger partial charge is 0.335 e. The van der Waals surface area contributed by atoms with E-state index >= 15 is 0 Å². The molecule has 28 heavy (non-hydrogen) atoms. The van der Waals surface area contributed by atoms with E-state index in [-0.39, 0.29) is 5.75 Å². The molecule has 0 fully saturated rings. The molecule has 0 bridgehead atoms. The van der Waals surface area contributed by atoms with Gasteiger partial charge >= 0.3 is 0 Å². The van der Waals surface area contributed by atoms with Crippen LogP contribution >= 0.6 is 23.1 Å². The summed E-state index contributed by atoms with van der Waals surface area (Å²) in [5.74, 6) is -0.237. The lowest BCUT2D eigenvalue weighted by molar-refractivity contribution is -0.642. The molecule has 1 aliphatic heterocycles. The first kappa shape index (κ1) is 19.4. The van der Waals surface area contributed by atoms with Gasteiger partial charge in [0.1, 0.15) is 11.7 Å². The Kier molecular flexibility index (Phi) is 5.22. The van der Waals surface area contributed by atoms with Crippen LogP contribution in [-0.4, -0.2) is 25.3 Å². The van der Waals surface area contributed by atoms with Gasteiger partial charge in [-0.3, -0.25) is 4.55 Å². The van der Waals surface area contributed by atoms with Crippen LogP contribution in [0.4, 0.5) is 5.69 Å². The van der Waals surface area contributed by atoms with Crippen LogP contribution in [0, 0.1) is 6.92 Å². The van der Waals surface area contributed by atoms with Crippen molar-refractivity contribution in [3.8, 4) is 0 Å². The summed E-state index contributed by atoms with van der Waals surface area (Å²) in [5, 5.41) is 2.20. The molecule has 1 aliphatic rings. The topological polar surface area (TPSA) is 61.5 Å². The highest BCUT2D eigenvalue weighted by Gasteiger charge is 2.27. The van der Waals surface area contributed by atoms with Gasteiger partial charge in [0.25, 0.3) is 15.1 Å². The van der Waals surface area contributed by atoms with E-state index in [9.17, 15) is 8.42 Å². The van der Waals surface area contributed by atoms with Crippen molar-refractivity contribution in [3.63, 3.8) is 0 Å². The van der Waals surface area contributed by atoms with Crippen LogP contribution in [0.1, 0.15) is 17.0 Å². The highest BCUT2D eigenvalue weighted by molar-refractivity contribution is 8.03. The van der Waals surface area contributed by atoms with E-state index in [1.54, 1.807) is 23.1 Å². The zero-order valence-electron chi connectivity index (χ0n) is 15.6. The third kappa shape index (κ3) is 3.96. The second kappa shape index (κ2) is 7.51. The summed E-state index contributed by atoms with van der Waals surface area (Å²) < 4.78 is 34.7. The zero-order chi connectivity index (χ0) is 19.9. The molecule has 146 valence electrons. The Morgan fingerprint density at radius 1 is 1.21 bits per heavy atom. The third-order valence-electron chi connectivity index (χ3n) is 4.69. The highest BCUT2D eigenvalue weighted by atomic mass is 32.2. The number of nitrogens with zero attached hydrogens (tertiary/aromatic N) is 2. The number of rotatable bonds is 5. The van der Waals surface area contributed by atoms with Gasteiger partial charge in [0.2, 0.25) is 5.52 Å². The number of benzene rings is 2. The Morgan fingerprint density at radius 3 is 2.79 bits per heavy atom. The molecule has 5 nitrogen and oxygen atoms in total. The summed E-state index contributed by atoms with van der Waals surface area (Å²) in [6.45, 7) is 2.63. The van der Waals surface area contributed by atoms with E-state index in [4.69, 9.17) is 4.55 Å². The number of thioether (sulfide) groups is 1. The normalized spacial score (nSPS) is 15.5. The molecule has 4 rings (SSSR count). The minimum Gasteiger partial charge on any atom is -0.335 e. The van der Waals surface area contributed by atoms with Gasteiger partial charge in [0.05, 0.1) is 22.5 Å². The van der Waals surface area contributed by atoms with Crippen LogP contribution in [-0.2, 0) is 17.2 Å². The van der Waals surface area contributed by atoms with Crippen molar-refractivity contribution in [2.24, 2.45) is 7.05 Å². The Morgan fingerprint density at radius 2 is 2.00 bits per heavy atom. The predicted octanol–water partition coefficient (Wildman–Crippen LogP) is 4.22. The molecule has 0 radical (unpaired) electrons. The fraction of sp³-hybridized carbons (Fsp3) is 0.250. The molecule has 2 aromatic carbocycles. The molecular weight excluding hydrogens is 412 g/mol. The van der Waals surface area contributed by atoms with Crippen molar-refractivity contribution in [1.29, 1.82) is 0 Å². The summed E-state index contributed by atoms with van der Waals surface area (Å²) in [7, 11) is -1.89. The average molecular weight is 434 g/mol. The lowest BCUT2D eigenvalue weighted by atomic mass is 10.2. The number of thiazole rings is 1. The number of hydrogen-bond acceptors (Lipinski definition) is 5. The number of anilines is 1. The molecule has 0 spiro atoms. The van der Waals surface area contributed by atoms with E-state index in [1.807, 2.05) is 18.2 Å². The lowest BCUT2D eigenvalue weighted by Crippen LogP contribution is -2.29. The van der Waals surface area contributed by atoms with E-state index in [2.05, 4.69) is 53.8 Å². The molecule has 0 saturated heterocycles. The van der Waals surface area contributed by atoms with Crippen LogP contribution in [0.15, 0.2) is 52.4 Å². The summed E-state index contributed by atoms with van der Waals surface area (Å²) >= 11 is 3.43. The van der Waals surface area contributed by atoms with Crippen molar-refractivity contribution in [2.45, 2.75) is 18.2 Å². The number of aryl methyl sites for hydroxylation is 2. The van der Waals surface area contributed by atoms with Crippen molar-refractivity contribution in [1.82, 2.24) is 0 Å². The minimum atomic E-state index is -3.95. The van der Waals surface area contributed by atoms with Gasteiger partial charge in [-0.25, -0.2) is 0 Å². The van der Waals surface area contributed by atoms with Gasteiger partial charge in [0, 0.05) is 17.5 Å². The highest BCUT2D eigenvalue weighted by Crippen LogP contribution is 2.46. The quantitative estimate of drug-likeness (QED) is 0.482. The standard InChI is InChI=1S/C20H20N2O3S3/c1-14-8-9-15-18(12-14)27-19(21(15)2)13-20-22(10-5-11-28(23,24)25)16-6-3-4-7-17(16)26-20/h3-4,6-9,12-13H,5,10-11H2,1-2H3/p+1. The number of para-hydroxylation sites is 1. The molecule has 3 aromatic rings. The van der Waals surface area contributed by atoms with Crippen LogP contribution < -0.4 is 9.47 Å². The van der Waals surface area contributed by atoms with Crippen molar-refractivity contribution in [3.05, 3.63) is 58.1 Å². The van der Waals surface area contributed by atoms with Gasteiger partial charge < -0.3 is 4.90 Å². The van der Waals surface area contributed by atoms with Crippen LogP contribution in [0.5, 0.6) is 0 Å². The van der Waals surface area contributed by atoms with Crippen molar-refractivity contribution < 1.29 is 17.5 Å². The second-order valence-corrected chi connectivity index (χ2v) is 10.5. The molecule has 0 atom stereocenters. The summed E-state index contributed by atoms with van der Waals surface area (Å²) in [6.07, 6.45) is 2.53. The Hall–Kier alpha value is -1.87. The molecule has 8 heteroatoms. The van der Waals surface area contributed by atoms with E-state index in [1.165, 1.54) is 15.8 Å². The second-order valence-electron chi connectivity index (χ2n) is 6.81. The first-order chi connectivity index (χ1) is 13.3. The van der Waals surface area contributed by atoms with Crippen LogP contribution in [0.2, 0.25) is 0 Å². The van der Waals surface area contributed by atoms with Crippen LogP contribution in [0.3, 0.4) is 0 Å². The van der Waals surface area contributed by atoms with Gasteiger partial charge in [-0.15, -0.1) is 0 Å². The number of hydrogen-bond donors (Lipinski definition) is 1. The molecular formula is C20H21N2O3S3+. The molecule has 0 amide bonds.